The van der Waals surface area contributed by atoms with Gasteiger partial charge < -0.3 is 10.0 Å². The van der Waals surface area contributed by atoms with Crippen molar-refractivity contribution in [2.24, 2.45) is 7.05 Å². The van der Waals surface area contributed by atoms with Crippen LogP contribution in [0.3, 0.4) is 0 Å². The second-order valence-corrected chi connectivity index (χ2v) is 8.96. The van der Waals surface area contributed by atoms with Gasteiger partial charge in [0.15, 0.2) is 0 Å². The minimum Gasteiger partial charge on any atom is -0.391 e. The summed E-state index contributed by atoms with van der Waals surface area (Å²) in [5.41, 5.74) is 8.24. The van der Waals surface area contributed by atoms with E-state index in [0.29, 0.717) is 6.54 Å². The molecule has 0 saturated heterocycles. The minimum atomic E-state index is -0.396. The molecule has 2 unspecified atom stereocenters. The second-order valence-electron chi connectivity index (χ2n) is 8.96. The number of aromatic nitrogens is 3. The van der Waals surface area contributed by atoms with Crippen LogP contribution in [0.25, 0.3) is 11.3 Å². The molecule has 1 aliphatic heterocycles. The summed E-state index contributed by atoms with van der Waals surface area (Å²) in [5, 5.41) is 14.7. The third kappa shape index (κ3) is 3.55. The summed E-state index contributed by atoms with van der Waals surface area (Å²) in [7, 11) is 1.91. The molecule has 3 heterocycles. The monoisotopic (exact) mass is 416 g/mol. The smallest absolute Gasteiger partial charge is 0.254 e. The van der Waals surface area contributed by atoms with Crippen LogP contribution in [-0.4, -0.2) is 42.8 Å². The molecule has 0 bridgehead atoms. The summed E-state index contributed by atoms with van der Waals surface area (Å²) in [6.45, 7) is 4.70. The molecule has 0 radical (unpaired) electrons. The number of pyridine rings is 1. The molecule has 1 fully saturated rings. The van der Waals surface area contributed by atoms with Crippen molar-refractivity contribution in [1.82, 2.24) is 19.7 Å². The van der Waals surface area contributed by atoms with Crippen molar-refractivity contribution in [3.05, 3.63) is 70.2 Å². The van der Waals surface area contributed by atoms with Crippen molar-refractivity contribution >= 4 is 5.91 Å². The zero-order valence-corrected chi connectivity index (χ0v) is 18.3. The van der Waals surface area contributed by atoms with Gasteiger partial charge in [0.25, 0.3) is 5.91 Å². The third-order valence-electron chi connectivity index (χ3n) is 6.75. The number of aliphatic hydroxyl groups is 1. The number of carbonyl (C=O) groups excluding carboxylic acids is 1. The Morgan fingerprint density at radius 2 is 2.00 bits per heavy atom. The van der Waals surface area contributed by atoms with Crippen LogP contribution in [-0.2, 0) is 20.0 Å². The van der Waals surface area contributed by atoms with Crippen LogP contribution in [0, 0.1) is 13.8 Å². The van der Waals surface area contributed by atoms with Crippen LogP contribution in [0.15, 0.2) is 36.7 Å². The fraction of sp³-hybridized carbons (Fsp3) is 0.400. The molecule has 6 nitrogen and oxygen atoms in total. The number of nitrogens with zero attached hydrogens (tertiary/aromatic N) is 4. The van der Waals surface area contributed by atoms with E-state index >= 15 is 0 Å². The number of rotatable bonds is 4. The molecule has 2 aliphatic rings. The van der Waals surface area contributed by atoms with Gasteiger partial charge in [0.1, 0.15) is 0 Å². The standard InChI is InChI=1S/C25H28N4O2/c1-15-9-19-13-29(23-5-4-6-24(23)30)25(31)20(19)11-18(15)10-17-7-8-22(26-12-17)21-14-28(3)27-16(21)2/h7-9,11-12,14,23-24,30H,4-6,10,13H2,1-3H3. The van der Waals surface area contributed by atoms with Gasteiger partial charge in [-0.2, -0.15) is 5.10 Å². The number of aryl methyl sites for hydroxylation is 3. The maximum atomic E-state index is 13.1. The van der Waals surface area contributed by atoms with Gasteiger partial charge in [0.05, 0.1) is 23.5 Å². The lowest BCUT2D eigenvalue weighted by molar-refractivity contribution is 0.0479. The number of fused-ring (bicyclic) bond motifs is 1. The molecule has 3 aromatic rings. The Morgan fingerprint density at radius 1 is 1.16 bits per heavy atom. The molecule has 1 aliphatic carbocycles. The molecular formula is C25H28N4O2. The number of amides is 1. The van der Waals surface area contributed by atoms with Crippen molar-refractivity contribution < 1.29 is 9.90 Å². The van der Waals surface area contributed by atoms with Gasteiger partial charge >= 0.3 is 0 Å². The molecule has 1 N–H and O–H groups in total. The number of hydrogen-bond acceptors (Lipinski definition) is 4. The fourth-order valence-corrected chi connectivity index (χ4v) is 5.05. The normalized spacial score (nSPS) is 20.5. The first kappa shape index (κ1) is 19.9. The van der Waals surface area contributed by atoms with Crippen LogP contribution in [0.1, 0.15) is 57.6 Å². The van der Waals surface area contributed by atoms with Crippen molar-refractivity contribution in [3.8, 4) is 11.3 Å². The Balaban J connectivity index is 1.37. The van der Waals surface area contributed by atoms with Gasteiger partial charge in [-0.1, -0.05) is 12.1 Å². The minimum absolute atomic E-state index is 0.0451. The Kier molecular flexibility index (Phi) is 4.89. The lowest BCUT2D eigenvalue weighted by Crippen LogP contribution is -2.40. The highest BCUT2D eigenvalue weighted by atomic mass is 16.3. The van der Waals surface area contributed by atoms with Crippen LogP contribution in [0.5, 0.6) is 0 Å². The first-order valence-corrected chi connectivity index (χ1v) is 11.0. The first-order valence-electron chi connectivity index (χ1n) is 11.0. The summed E-state index contributed by atoms with van der Waals surface area (Å²) in [6.07, 6.45) is 6.90. The molecule has 5 rings (SSSR count). The van der Waals surface area contributed by atoms with Gasteiger partial charge in [-0.15, -0.1) is 0 Å². The van der Waals surface area contributed by atoms with Gasteiger partial charge in [-0.25, -0.2) is 0 Å². The molecule has 1 saturated carbocycles. The summed E-state index contributed by atoms with van der Waals surface area (Å²) in [5.74, 6) is 0.0581. The zero-order valence-electron chi connectivity index (χ0n) is 18.3. The molecule has 6 heteroatoms. The highest BCUT2D eigenvalue weighted by Gasteiger charge is 2.38. The molecule has 1 aromatic carbocycles. The van der Waals surface area contributed by atoms with Crippen LogP contribution < -0.4 is 0 Å². The van der Waals surface area contributed by atoms with E-state index in [1.165, 1.54) is 5.56 Å². The molecule has 1 amide bonds. The predicted molar refractivity (Wildman–Crippen MR) is 119 cm³/mol. The zero-order chi connectivity index (χ0) is 21.7. The molecular weight excluding hydrogens is 388 g/mol. The average molecular weight is 417 g/mol. The SMILES string of the molecule is Cc1cc2c(cc1Cc1ccc(-c3cn(C)nc3C)nc1)C(=O)N(C1CCCC1O)C2. The Labute approximate surface area is 182 Å². The summed E-state index contributed by atoms with van der Waals surface area (Å²) >= 11 is 0. The lowest BCUT2D eigenvalue weighted by Gasteiger charge is -2.26. The van der Waals surface area contributed by atoms with E-state index in [4.69, 9.17) is 0 Å². The Bertz CT molecular complexity index is 1150. The van der Waals surface area contributed by atoms with Gasteiger partial charge in [0, 0.05) is 37.1 Å². The highest BCUT2D eigenvalue weighted by molar-refractivity contribution is 5.99. The first-order chi connectivity index (χ1) is 14.9. The number of benzene rings is 1. The van der Waals surface area contributed by atoms with Crippen LogP contribution in [0.4, 0.5) is 0 Å². The summed E-state index contributed by atoms with van der Waals surface area (Å²) in [4.78, 5) is 19.6. The van der Waals surface area contributed by atoms with E-state index in [9.17, 15) is 9.90 Å². The highest BCUT2D eigenvalue weighted by Crippen LogP contribution is 2.33. The van der Waals surface area contributed by atoms with Crippen molar-refractivity contribution in [2.75, 3.05) is 0 Å². The maximum absolute atomic E-state index is 13.1. The molecule has 160 valence electrons. The summed E-state index contributed by atoms with van der Waals surface area (Å²) < 4.78 is 1.80. The largest absolute Gasteiger partial charge is 0.391 e. The predicted octanol–water partition coefficient (Wildman–Crippen LogP) is 3.56. The maximum Gasteiger partial charge on any atom is 0.254 e. The van der Waals surface area contributed by atoms with E-state index < -0.39 is 6.10 Å². The van der Waals surface area contributed by atoms with E-state index in [-0.39, 0.29) is 11.9 Å². The molecule has 2 atom stereocenters. The van der Waals surface area contributed by atoms with E-state index in [1.54, 1.807) is 4.68 Å². The topological polar surface area (TPSA) is 71.2 Å². The lowest BCUT2D eigenvalue weighted by atomic mass is 9.96. The Hall–Kier alpha value is -2.99. The quantitative estimate of drug-likeness (QED) is 0.706. The molecule has 31 heavy (non-hydrogen) atoms. The fourth-order valence-electron chi connectivity index (χ4n) is 5.05. The van der Waals surface area contributed by atoms with Gasteiger partial charge in [-0.3, -0.25) is 14.5 Å². The van der Waals surface area contributed by atoms with E-state index in [0.717, 1.165) is 64.9 Å². The molecule has 2 aromatic heterocycles. The second kappa shape index (κ2) is 7.61. The number of aliphatic hydroxyl groups excluding tert-OH is 1. The van der Waals surface area contributed by atoms with E-state index in [1.807, 2.05) is 43.4 Å². The van der Waals surface area contributed by atoms with Crippen molar-refractivity contribution in [1.29, 1.82) is 0 Å². The third-order valence-corrected chi connectivity index (χ3v) is 6.75. The number of hydrogen-bond donors (Lipinski definition) is 1. The summed E-state index contributed by atoms with van der Waals surface area (Å²) in [6, 6.07) is 8.29. The van der Waals surface area contributed by atoms with Crippen molar-refractivity contribution in [2.45, 2.75) is 58.2 Å². The molecule has 0 spiro atoms. The van der Waals surface area contributed by atoms with Crippen molar-refractivity contribution in [3.63, 3.8) is 0 Å². The Morgan fingerprint density at radius 3 is 2.65 bits per heavy atom. The number of carbonyl (C=O) groups is 1. The van der Waals surface area contributed by atoms with Gasteiger partial charge in [-0.05, 0) is 73.9 Å². The average Bonchev–Trinajstić information content (AvgIpc) is 3.40. The van der Waals surface area contributed by atoms with Crippen LogP contribution >= 0.6 is 0 Å². The van der Waals surface area contributed by atoms with E-state index in [2.05, 4.69) is 29.1 Å². The van der Waals surface area contributed by atoms with Gasteiger partial charge in [0.2, 0.25) is 0 Å². The van der Waals surface area contributed by atoms with Crippen LogP contribution in [0.2, 0.25) is 0 Å².